The van der Waals surface area contributed by atoms with E-state index in [0.717, 1.165) is 16.8 Å². The SMILES string of the molecule is O=C([O-])COc1ccc(/C=N\NC(=O)Cc2nc(-c3ccccc3)cs2)cc1. The Morgan fingerprint density at radius 3 is 2.61 bits per heavy atom. The topological polar surface area (TPSA) is 104 Å². The third-order valence-electron chi connectivity index (χ3n) is 3.57. The van der Waals surface area contributed by atoms with Gasteiger partial charge < -0.3 is 14.6 Å². The fourth-order valence-corrected chi connectivity index (χ4v) is 3.08. The van der Waals surface area contributed by atoms with Crippen LogP contribution in [0.5, 0.6) is 5.75 Å². The molecule has 0 saturated carbocycles. The maximum absolute atomic E-state index is 12.0. The summed E-state index contributed by atoms with van der Waals surface area (Å²) in [5.41, 5.74) is 5.04. The Kier molecular flexibility index (Phi) is 6.48. The molecular weight excluding hydrogens is 378 g/mol. The average Bonchev–Trinajstić information content (AvgIpc) is 3.16. The summed E-state index contributed by atoms with van der Waals surface area (Å²) in [6.45, 7) is -0.508. The van der Waals surface area contributed by atoms with E-state index in [-0.39, 0.29) is 12.3 Å². The van der Waals surface area contributed by atoms with E-state index < -0.39 is 12.6 Å². The molecule has 7 nitrogen and oxygen atoms in total. The Morgan fingerprint density at radius 1 is 1.14 bits per heavy atom. The Balaban J connectivity index is 1.49. The molecule has 0 saturated heterocycles. The highest BCUT2D eigenvalue weighted by Crippen LogP contribution is 2.21. The van der Waals surface area contributed by atoms with E-state index in [4.69, 9.17) is 4.74 Å². The number of nitrogens with zero attached hydrogens (tertiary/aromatic N) is 2. The summed E-state index contributed by atoms with van der Waals surface area (Å²) in [7, 11) is 0. The second-order valence-electron chi connectivity index (χ2n) is 5.69. The zero-order valence-corrected chi connectivity index (χ0v) is 15.5. The molecule has 1 amide bonds. The minimum absolute atomic E-state index is 0.144. The number of thiazole rings is 1. The maximum atomic E-state index is 12.0. The van der Waals surface area contributed by atoms with Crippen LogP contribution < -0.4 is 15.3 Å². The van der Waals surface area contributed by atoms with Crippen molar-refractivity contribution in [1.29, 1.82) is 0 Å². The number of nitrogens with one attached hydrogen (secondary N) is 1. The summed E-state index contributed by atoms with van der Waals surface area (Å²) in [4.78, 5) is 26.8. The zero-order valence-electron chi connectivity index (χ0n) is 14.7. The van der Waals surface area contributed by atoms with Crippen LogP contribution in [0.25, 0.3) is 11.3 Å². The molecule has 0 aliphatic rings. The van der Waals surface area contributed by atoms with E-state index in [1.54, 1.807) is 24.3 Å². The van der Waals surface area contributed by atoms with Crippen LogP contribution in [0.3, 0.4) is 0 Å². The number of amides is 1. The number of aliphatic carboxylic acids is 1. The predicted octanol–water partition coefficient (Wildman–Crippen LogP) is 1.63. The zero-order chi connectivity index (χ0) is 19.8. The molecule has 142 valence electrons. The molecule has 3 rings (SSSR count). The highest BCUT2D eigenvalue weighted by atomic mass is 32.1. The van der Waals surface area contributed by atoms with Gasteiger partial charge in [-0.25, -0.2) is 10.4 Å². The van der Waals surface area contributed by atoms with Crippen LogP contribution in [0.2, 0.25) is 0 Å². The van der Waals surface area contributed by atoms with Crippen molar-refractivity contribution in [2.24, 2.45) is 5.10 Å². The van der Waals surface area contributed by atoms with Gasteiger partial charge >= 0.3 is 0 Å². The predicted molar refractivity (Wildman–Crippen MR) is 104 cm³/mol. The lowest BCUT2D eigenvalue weighted by molar-refractivity contribution is -0.307. The number of carboxylic acid groups (broad SMARTS) is 1. The molecule has 0 aliphatic carbocycles. The first-order valence-electron chi connectivity index (χ1n) is 8.34. The van der Waals surface area contributed by atoms with Crippen molar-refractivity contribution in [2.75, 3.05) is 6.61 Å². The molecule has 0 radical (unpaired) electrons. The number of carboxylic acids is 1. The smallest absolute Gasteiger partial charge is 0.246 e. The lowest BCUT2D eigenvalue weighted by atomic mass is 10.2. The molecule has 2 aromatic carbocycles. The van der Waals surface area contributed by atoms with E-state index in [0.29, 0.717) is 10.8 Å². The number of carbonyl (C=O) groups is 2. The van der Waals surface area contributed by atoms with Gasteiger partial charge in [-0.05, 0) is 29.8 Å². The van der Waals surface area contributed by atoms with Gasteiger partial charge in [0.2, 0.25) is 5.91 Å². The van der Waals surface area contributed by atoms with Gasteiger partial charge in [0.25, 0.3) is 0 Å². The number of ether oxygens (including phenoxy) is 1. The van der Waals surface area contributed by atoms with Crippen molar-refractivity contribution in [3.63, 3.8) is 0 Å². The number of carbonyl (C=O) groups excluding carboxylic acids is 2. The van der Waals surface area contributed by atoms with E-state index >= 15 is 0 Å². The minimum Gasteiger partial charge on any atom is -0.546 e. The highest BCUT2D eigenvalue weighted by Gasteiger charge is 2.08. The van der Waals surface area contributed by atoms with Crippen molar-refractivity contribution in [2.45, 2.75) is 6.42 Å². The molecule has 1 N–H and O–H groups in total. The molecule has 0 bridgehead atoms. The van der Waals surface area contributed by atoms with Crippen molar-refractivity contribution in [3.05, 3.63) is 70.5 Å². The molecule has 0 unspecified atom stereocenters. The van der Waals surface area contributed by atoms with Gasteiger partial charge in [-0.1, -0.05) is 30.3 Å². The Hall–Kier alpha value is -3.52. The summed E-state index contributed by atoms with van der Waals surface area (Å²) < 4.78 is 4.98. The monoisotopic (exact) mass is 394 g/mol. The molecule has 8 heteroatoms. The van der Waals surface area contributed by atoms with Gasteiger partial charge in [0.15, 0.2) is 0 Å². The molecule has 1 heterocycles. The standard InChI is InChI=1S/C20H17N3O4S/c24-18(10-19-22-17(13-28-19)15-4-2-1-3-5-15)23-21-11-14-6-8-16(9-7-14)27-12-20(25)26/h1-9,11,13H,10,12H2,(H,23,24)(H,25,26)/p-1/b21-11-. The number of rotatable bonds is 8. The molecular formula is C20H16N3O4S-. The number of benzene rings is 2. The van der Waals surface area contributed by atoms with E-state index in [2.05, 4.69) is 15.5 Å². The van der Waals surface area contributed by atoms with Crippen LogP contribution in [0.15, 0.2) is 65.1 Å². The third kappa shape index (κ3) is 5.75. The van der Waals surface area contributed by atoms with Crippen LogP contribution in [0.1, 0.15) is 10.6 Å². The van der Waals surface area contributed by atoms with Gasteiger partial charge in [0.1, 0.15) is 17.4 Å². The number of hydrogen-bond acceptors (Lipinski definition) is 7. The molecule has 0 atom stereocenters. The first-order valence-corrected chi connectivity index (χ1v) is 9.22. The van der Waals surface area contributed by atoms with Crippen LogP contribution in [0, 0.1) is 0 Å². The number of aromatic nitrogens is 1. The van der Waals surface area contributed by atoms with Crippen LogP contribution in [0.4, 0.5) is 0 Å². The molecule has 0 spiro atoms. The molecule has 0 aliphatic heterocycles. The van der Waals surface area contributed by atoms with Crippen molar-refractivity contribution < 1.29 is 19.4 Å². The Bertz CT molecular complexity index is 969. The minimum atomic E-state index is -1.29. The van der Waals surface area contributed by atoms with Crippen molar-refractivity contribution in [3.8, 4) is 17.0 Å². The van der Waals surface area contributed by atoms with Gasteiger partial charge in [0.05, 0.1) is 24.3 Å². The summed E-state index contributed by atoms with van der Waals surface area (Å²) >= 11 is 1.43. The van der Waals surface area contributed by atoms with E-state index in [9.17, 15) is 14.7 Å². The fourth-order valence-electron chi connectivity index (χ4n) is 2.28. The lowest BCUT2D eigenvalue weighted by Crippen LogP contribution is -2.28. The normalized spacial score (nSPS) is 10.7. The largest absolute Gasteiger partial charge is 0.546 e. The summed E-state index contributed by atoms with van der Waals surface area (Å²) in [5, 5.41) is 16.9. The molecule has 3 aromatic rings. The summed E-state index contributed by atoms with van der Waals surface area (Å²) in [6.07, 6.45) is 1.63. The van der Waals surface area contributed by atoms with Gasteiger partial charge in [-0.2, -0.15) is 5.10 Å². The lowest BCUT2D eigenvalue weighted by Gasteiger charge is -2.06. The van der Waals surface area contributed by atoms with Gasteiger partial charge in [0, 0.05) is 10.9 Å². The van der Waals surface area contributed by atoms with Gasteiger partial charge in [-0.3, -0.25) is 4.79 Å². The number of hydrazone groups is 1. The van der Waals surface area contributed by atoms with Crippen molar-refractivity contribution in [1.82, 2.24) is 10.4 Å². The van der Waals surface area contributed by atoms with Crippen LogP contribution >= 0.6 is 11.3 Å². The van der Waals surface area contributed by atoms with E-state index in [1.165, 1.54) is 17.6 Å². The highest BCUT2D eigenvalue weighted by molar-refractivity contribution is 7.10. The second-order valence-corrected chi connectivity index (χ2v) is 6.63. The quantitative estimate of drug-likeness (QED) is 0.462. The second kappa shape index (κ2) is 9.43. The maximum Gasteiger partial charge on any atom is 0.246 e. The summed E-state index contributed by atoms with van der Waals surface area (Å²) in [6, 6.07) is 16.3. The van der Waals surface area contributed by atoms with E-state index in [1.807, 2.05) is 35.7 Å². The Morgan fingerprint density at radius 2 is 1.89 bits per heavy atom. The van der Waals surface area contributed by atoms with Crippen LogP contribution in [-0.4, -0.2) is 29.7 Å². The fraction of sp³-hybridized carbons (Fsp3) is 0.100. The van der Waals surface area contributed by atoms with Gasteiger partial charge in [-0.15, -0.1) is 11.3 Å². The Labute approximate surface area is 165 Å². The molecule has 28 heavy (non-hydrogen) atoms. The molecule has 1 aromatic heterocycles. The van der Waals surface area contributed by atoms with Crippen LogP contribution in [-0.2, 0) is 16.0 Å². The third-order valence-corrected chi connectivity index (χ3v) is 4.42. The summed E-state index contributed by atoms with van der Waals surface area (Å²) in [5.74, 6) is -1.15. The average molecular weight is 394 g/mol. The number of hydrogen-bond donors (Lipinski definition) is 1. The van der Waals surface area contributed by atoms with Crippen molar-refractivity contribution >= 4 is 29.4 Å². The first kappa shape index (κ1) is 19.2. The molecule has 0 fully saturated rings. The first-order chi connectivity index (χ1) is 13.6.